The van der Waals surface area contributed by atoms with Gasteiger partial charge in [0.1, 0.15) is 0 Å². The van der Waals surface area contributed by atoms with Crippen LogP contribution in [0.2, 0.25) is 0 Å². The summed E-state index contributed by atoms with van der Waals surface area (Å²) in [6, 6.07) is -0.208. The van der Waals surface area contributed by atoms with Crippen molar-refractivity contribution in [2.24, 2.45) is 5.73 Å². The average Bonchev–Trinajstić information content (AvgIpc) is 2.22. The van der Waals surface area contributed by atoms with E-state index in [1.54, 1.807) is 0 Å². The van der Waals surface area contributed by atoms with Gasteiger partial charge in [0, 0.05) is 28.3 Å². The molecule has 1 saturated heterocycles. The SMILES string of the molecule is CCCC(N)C(=O)NC1CCS(=O)CC1. The summed E-state index contributed by atoms with van der Waals surface area (Å²) in [6.45, 7) is 2.01. The van der Waals surface area contributed by atoms with E-state index in [1.165, 1.54) is 0 Å². The van der Waals surface area contributed by atoms with Gasteiger partial charge < -0.3 is 11.1 Å². The number of carbonyl (C=O) groups is 1. The number of rotatable bonds is 4. The van der Waals surface area contributed by atoms with Crippen LogP contribution in [0.1, 0.15) is 32.6 Å². The van der Waals surface area contributed by atoms with E-state index in [9.17, 15) is 9.00 Å². The second kappa shape index (κ2) is 6.23. The number of nitrogens with one attached hydrogen (secondary N) is 1. The minimum absolute atomic E-state index is 0.0606. The van der Waals surface area contributed by atoms with Crippen LogP contribution in [-0.2, 0) is 15.6 Å². The molecule has 15 heavy (non-hydrogen) atoms. The molecule has 1 aliphatic heterocycles. The molecule has 1 amide bonds. The van der Waals surface area contributed by atoms with E-state index in [4.69, 9.17) is 5.73 Å². The highest BCUT2D eigenvalue weighted by Gasteiger charge is 2.21. The Balaban J connectivity index is 2.28. The predicted octanol–water partition coefficient (Wildman–Crippen LogP) is 0.141. The third kappa shape index (κ3) is 4.30. The Hall–Kier alpha value is -0.420. The Kier molecular flexibility index (Phi) is 5.25. The van der Waals surface area contributed by atoms with E-state index < -0.39 is 10.8 Å². The third-order valence-electron chi connectivity index (χ3n) is 2.67. The third-order valence-corrected chi connectivity index (χ3v) is 4.05. The fourth-order valence-corrected chi connectivity index (χ4v) is 2.99. The first-order valence-electron chi connectivity index (χ1n) is 5.54. The number of carbonyl (C=O) groups excluding carboxylic acids is 1. The van der Waals surface area contributed by atoms with Crippen molar-refractivity contribution < 1.29 is 9.00 Å². The van der Waals surface area contributed by atoms with E-state index in [2.05, 4.69) is 5.32 Å². The van der Waals surface area contributed by atoms with Gasteiger partial charge in [-0.25, -0.2) is 0 Å². The number of nitrogens with two attached hydrogens (primary N) is 1. The predicted molar refractivity (Wildman–Crippen MR) is 61.9 cm³/mol. The van der Waals surface area contributed by atoms with Crippen molar-refractivity contribution in [1.29, 1.82) is 0 Å². The highest BCUT2D eigenvalue weighted by atomic mass is 32.2. The van der Waals surface area contributed by atoms with E-state index >= 15 is 0 Å². The van der Waals surface area contributed by atoms with Crippen LogP contribution in [0, 0.1) is 0 Å². The van der Waals surface area contributed by atoms with Crippen molar-refractivity contribution in [3.05, 3.63) is 0 Å². The minimum Gasteiger partial charge on any atom is -0.352 e. The summed E-state index contributed by atoms with van der Waals surface area (Å²) in [5, 5.41) is 2.93. The van der Waals surface area contributed by atoms with Gasteiger partial charge in [0.15, 0.2) is 0 Å². The average molecular weight is 232 g/mol. The van der Waals surface area contributed by atoms with E-state index in [1.807, 2.05) is 6.92 Å². The lowest BCUT2D eigenvalue weighted by Gasteiger charge is -2.24. The molecular weight excluding hydrogens is 212 g/mol. The minimum atomic E-state index is -0.672. The van der Waals surface area contributed by atoms with Crippen molar-refractivity contribution in [1.82, 2.24) is 5.32 Å². The molecule has 0 bridgehead atoms. The van der Waals surface area contributed by atoms with Crippen molar-refractivity contribution in [2.75, 3.05) is 11.5 Å². The van der Waals surface area contributed by atoms with Gasteiger partial charge in [0.25, 0.3) is 0 Å². The van der Waals surface area contributed by atoms with Crippen LogP contribution in [0.15, 0.2) is 0 Å². The number of hydrogen-bond acceptors (Lipinski definition) is 3. The largest absolute Gasteiger partial charge is 0.352 e. The van der Waals surface area contributed by atoms with Gasteiger partial charge in [-0.1, -0.05) is 13.3 Å². The van der Waals surface area contributed by atoms with E-state index in [-0.39, 0.29) is 18.0 Å². The molecule has 1 rings (SSSR count). The number of hydrogen-bond donors (Lipinski definition) is 2. The lowest BCUT2D eigenvalue weighted by Crippen LogP contribution is -2.47. The van der Waals surface area contributed by atoms with Gasteiger partial charge in [-0.15, -0.1) is 0 Å². The lowest BCUT2D eigenvalue weighted by molar-refractivity contribution is -0.123. The molecule has 88 valence electrons. The molecule has 4 nitrogen and oxygen atoms in total. The summed E-state index contributed by atoms with van der Waals surface area (Å²) >= 11 is 0. The van der Waals surface area contributed by atoms with Gasteiger partial charge in [-0.3, -0.25) is 9.00 Å². The molecule has 1 heterocycles. The molecule has 0 saturated carbocycles. The molecule has 0 aromatic rings. The topological polar surface area (TPSA) is 72.2 Å². The molecule has 0 aliphatic carbocycles. The summed E-state index contributed by atoms with van der Waals surface area (Å²) < 4.78 is 11.1. The van der Waals surface area contributed by atoms with Gasteiger partial charge in [-0.05, 0) is 19.3 Å². The monoisotopic (exact) mass is 232 g/mol. The maximum atomic E-state index is 11.6. The van der Waals surface area contributed by atoms with E-state index in [0.717, 1.165) is 25.7 Å². The van der Waals surface area contributed by atoms with Crippen molar-refractivity contribution >= 4 is 16.7 Å². The van der Waals surface area contributed by atoms with Crippen molar-refractivity contribution in [2.45, 2.75) is 44.7 Å². The molecule has 1 unspecified atom stereocenters. The molecule has 0 aromatic carbocycles. The van der Waals surface area contributed by atoms with Crippen LogP contribution in [0.3, 0.4) is 0 Å². The smallest absolute Gasteiger partial charge is 0.237 e. The first-order chi connectivity index (χ1) is 7.13. The van der Waals surface area contributed by atoms with Crippen LogP contribution in [0.25, 0.3) is 0 Å². The molecule has 1 fully saturated rings. The van der Waals surface area contributed by atoms with Crippen molar-refractivity contribution in [3.8, 4) is 0 Å². The van der Waals surface area contributed by atoms with Crippen molar-refractivity contribution in [3.63, 3.8) is 0 Å². The van der Waals surface area contributed by atoms with Crippen LogP contribution in [0.4, 0.5) is 0 Å². The first kappa shape index (κ1) is 12.6. The zero-order valence-electron chi connectivity index (χ0n) is 9.20. The molecule has 1 aliphatic rings. The van der Waals surface area contributed by atoms with E-state index in [0.29, 0.717) is 11.5 Å². The summed E-state index contributed by atoms with van der Waals surface area (Å²) in [7, 11) is -0.672. The van der Waals surface area contributed by atoms with Gasteiger partial charge in [-0.2, -0.15) is 0 Å². The Morgan fingerprint density at radius 1 is 1.53 bits per heavy atom. The van der Waals surface area contributed by atoms with Crippen LogP contribution in [0.5, 0.6) is 0 Å². The maximum absolute atomic E-state index is 11.6. The van der Waals surface area contributed by atoms with Gasteiger partial charge >= 0.3 is 0 Å². The molecule has 0 aromatic heterocycles. The van der Waals surface area contributed by atoms with Gasteiger partial charge in [0.2, 0.25) is 5.91 Å². The second-order valence-electron chi connectivity index (χ2n) is 4.03. The quantitative estimate of drug-likeness (QED) is 0.724. The summed E-state index contributed by atoms with van der Waals surface area (Å²) in [6.07, 6.45) is 3.28. The zero-order chi connectivity index (χ0) is 11.3. The molecule has 1 atom stereocenters. The van der Waals surface area contributed by atoms with Crippen LogP contribution < -0.4 is 11.1 Å². The lowest BCUT2D eigenvalue weighted by atomic mass is 10.1. The first-order valence-corrected chi connectivity index (χ1v) is 7.03. The molecule has 0 spiro atoms. The standard InChI is InChI=1S/C10H20N2O2S/c1-2-3-9(11)10(13)12-8-4-6-15(14)7-5-8/h8-9H,2-7,11H2,1H3,(H,12,13). The Labute approximate surface area is 93.4 Å². The molecule has 0 radical (unpaired) electrons. The number of amides is 1. The molecule has 3 N–H and O–H groups in total. The summed E-state index contributed by atoms with van der Waals surface area (Å²) in [5.74, 6) is 1.34. The Morgan fingerprint density at radius 2 is 2.13 bits per heavy atom. The molecule has 5 heteroatoms. The summed E-state index contributed by atoms with van der Waals surface area (Å²) in [5.41, 5.74) is 5.70. The molecular formula is C10H20N2O2S. The normalized spacial score (nSPS) is 28.4. The Bertz CT molecular complexity index is 236. The Morgan fingerprint density at radius 3 is 2.67 bits per heavy atom. The van der Waals surface area contributed by atoms with Crippen LogP contribution in [-0.4, -0.2) is 33.7 Å². The summed E-state index contributed by atoms with van der Waals surface area (Å²) in [4.78, 5) is 11.6. The highest BCUT2D eigenvalue weighted by Crippen LogP contribution is 2.09. The second-order valence-corrected chi connectivity index (χ2v) is 5.72. The van der Waals surface area contributed by atoms with Crippen LogP contribution >= 0.6 is 0 Å². The fourth-order valence-electron chi connectivity index (χ4n) is 1.69. The highest BCUT2D eigenvalue weighted by molar-refractivity contribution is 7.85. The zero-order valence-corrected chi connectivity index (χ0v) is 10.0. The van der Waals surface area contributed by atoms with Gasteiger partial charge in [0.05, 0.1) is 6.04 Å². The fraction of sp³-hybridized carbons (Fsp3) is 0.900. The maximum Gasteiger partial charge on any atom is 0.237 e.